The van der Waals surface area contributed by atoms with E-state index < -0.39 is 6.10 Å². The molecule has 6 nitrogen and oxygen atoms in total. The summed E-state index contributed by atoms with van der Waals surface area (Å²) in [5.74, 6) is -0.155. The first kappa shape index (κ1) is 18.7. The van der Waals surface area contributed by atoms with E-state index in [1.807, 2.05) is 59.5 Å². The molecule has 2 aliphatic rings. The van der Waals surface area contributed by atoms with Gasteiger partial charge < -0.3 is 19.7 Å². The number of carbonyl (C=O) groups excluding carboxylic acids is 2. The molecule has 1 fully saturated rings. The molecule has 0 aliphatic carbocycles. The van der Waals surface area contributed by atoms with Gasteiger partial charge in [0.15, 0.2) is 0 Å². The van der Waals surface area contributed by atoms with Gasteiger partial charge in [0.25, 0.3) is 5.91 Å². The van der Waals surface area contributed by atoms with Crippen molar-refractivity contribution in [3.63, 3.8) is 0 Å². The number of ether oxygens (including phenoxy) is 2. The quantitative estimate of drug-likeness (QED) is 0.807. The molecule has 0 saturated carbocycles. The van der Waals surface area contributed by atoms with Crippen LogP contribution < -0.4 is 10.2 Å². The highest BCUT2D eigenvalue weighted by Crippen LogP contribution is 2.47. The highest BCUT2D eigenvalue weighted by molar-refractivity contribution is 6.07. The Morgan fingerprint density at radius 2 is 1.93 bits per heavy atom. The van der Waals surface area contributed by atoms with Crippen LogP contribution in [-0.4, -0.2) is 51.3 Å². The number of methoxy groups -OCH3 is 1. The molecule has 1 saturated heterocycles. The first-order chi connectivity index (χ1) is 13.6. The summed E-state index contributed by atoms with van der Waals surface area (Å²) in [5.41, 5.74) is 2.28. The number of nitrogens with one attached hydrogen (secondary N) is 1. The minimum absolute atomic E-state index is 0.0297. The third-order valence-corrected chi connectivity index (χ3v) is 5.53. The highest BCUT2D eigenvalue weighted by atomic mass is 16.5. The van der Waals surface area contributed by atoms with Crippen LogP contribution in [0.2, 0.25) is 0 Å². The monoisotopic (exact) mass is 380 g/mol. The molecule has 0 bridgehead atoms. The van der Waals surface area contributed by atoms with E-state index in [-0.39, 0.29) is 17.2 Å². The zero-order chi connectivity index (χ0) is 19.6. The fourth-order valence-corrected chi connectivity index (χ4v) is 4.14. The zero-order valence-corrected chi connectivity index (χ0v) is 15.9. The molecule has 146 valence electrons. The third kappa shape index (κ3) is 3.30. The van der Waals surface area contributed by atoms with Gasteiger partial charge in [-0.3, -0.25) is 9.59 Å². The van der Waals surface area contributed by atoms with Crippen LogP contribution in [0.25, 0.3) is 0 Å². The molecule has 6 heteroatoms. The fraction of sp³-hybridized carbons (Fsp3) is 0.364. The number of benzene rings is 2. The van der Waals surface area contributed by atoms with Crippen LogP contribution in [0.1, 0.15) is 22.3 Å². The lowest BCUT2D eigenvalue weighted by Gasteiger charge is -2.23. The van der Waals surface area contributed by atoms with E-state index in [1.165, 1.54) is 0 Å². The van der Waals surface area contributed by atoms with Crippen LogP contribution in [0.5, 0.6) is 0 Å². The second kappa shape index (κ2) is 7.73. The molecule has 2 heterocycles. The minimum Gasteiger partial charge on any atom is -0.383 e. The maximum atomic E-state index is 13.1. The van der Waals surface area contributed by atoms with Gasteiger partial charge in [-0.05, 0) is 30.2 Å². The summed E-state index contributed by atoms with van der Waals surface area (Å²) < 4.78 is 10.9. The Hall–Kier alpha value is -2.70. The summed E-state index contributed by atoms with van der Waals surface area (Å²) in [6.07, 6.45) is 0.0400. The number of para-hydroxylation sites is 1. The number of hydrogen-bond donors (Lipinski definition) is 1. The third-order valence-electron chi connectivity index (χ3n) is 5.53. The van der Waals surface area contributed by atoms with Crippen LogP contribution in [0.15, 0.2) is 54.6 Å². The van der Waals surface area contributed by atoms with Crippen LogP contribution in [0.4, 0.5) is 5.69 Å². The number of carbonyl (C=O) groups is 2. The van der Waals surface area contributed by atoms with Gasteiger partial charge in [-0.2, -0.15) is 0 Å². The fourth-order valence-electron chi connectivity index (χ4n) is 4.14. The number of anilines is 1. The zero-order valence-electron chi connectivity index (χ0n) is 15.9. The first-order valence-electron chi connectivity index (χ1n) is 9.49. The Morgan fingerprint density at radius 1 is 1.18 bits per heavy atom. The number of rotatable bonds is 5. The van der Waals surface area contributed by atoms with Crippen molar-refractivity contribution in [2.45, 2.75) is 17.9 Å². The summed E-state index contributed by atoms with van der Waals surface area (Å²) in [7, 11) is 1.60. The van der Waals surface area contributed by atoms with Crippen molar-refractivity contribution in [2.24, 2.45) is 0 Å². The molecule has 2 aromatic carbocycles. The number of fused-ring (bicyclic) bond motifs is 2. The maximum absolute atomic E-state index is 13.1. The Bertz CT molecular complexity index is 870. The largest absolute Gasteiger partial charge is 0.383 e. The number of hydrogen-bond acceptors (Lipinski definition) is 4. The Balaban J connectivity index is 1.57. The van der Waals surface area contributed by atoms with Gasteiger partial charge in [-0.1, -0.05) is 36.4 Å². The predicted octanol–water partition coefficient (Wildman–Crippen LogP) is 2.14. The lowest BCUT2D eigenvalue weighted by Crippen LogP contribution is -2.39. The van der Waals surface area contributed by atoms with Crippen molar-refractivity contribution in [1.82, 2.24) is 5.32 Å². The van der Waals surface area contributed by atoms with Gasteiger partial charge in [-0.25, -0.2) is 0 Å². The molecule has 2 amide bonds. The maximum Gasteiger partial charge on any atom is 0.258 e. The molecule has 2 atom stereocenters. The molecule has 1 N–H and O–H groups in total. The minimum atomic E-state index is -0.517. The van der Waals surface area contributed by atoms with E-state index >= 15 is 0 Å². The summed E-state index contributed by atoms with van der Waals surface area (Å²) >= 11 is 0. The lowest BCUT2D eigenvalue weighted by molar-refractivity contribution is -0.130. The Labute approximate surface area is 164 Å². The number of nitrogens with zero attached hydrogens (tertiary/aromatic N) is 1. The van der Waals surface area contributed by atoms with Gasteiger partial charge in [0.1, 0.15) is 6.10 Å². The molecule has 1 spiro atoms. The van der Waals surface area contributed by atoms with E-state index in [9.17, 15) is 9.59 Å². The molecule has 2 aromatic rings. The highest BCUT2D eigenvalue weighted by Gasteiger charge is 2.51. The molecule has 2 aliphatic heterocycles. The van der Waals surface area contributed by atoms with Crippen molar-refractivity contribution in [3.8, 4) is 0 Å². The second-order valence-electron chi connectivity index (χ2n) is 7.34. The van der Waals surface area contributed by atoms with Gasteiger partial charge in [0.2, 0.25) is 5.91 Å². The van der Waals surface area contributed by atoms with E-state index in [0.717, 1.165) is 11.3 Å². The topological polar surface area (TPSA) is 67.9 Å². The van der Waals surface area contributed by atoms with Crippen molar-refractivity contribution in [1.29, 1.82) is 0 Å². The Kier molecular flexibility index (Phi) is 5.15. The SMILES string of the molecule is COCCNC(=O)[C@H]1C[C@]2(CO1)CN(C(=O)c1ccccc1)c1ccccc12. The molecule has 0 radical (unpaired) electrons. The molecular formula is C22H24N2O4. The van der Waals surface area contributed by atoms with E-state index in [1.54, 1.807) is 7.11 Å². The van der Waals surface area contributed by atoms with Crippen LogP contribution >= 0.6 is 0 Å². The van der Waals surface area contributed by atoms with E-state index in [4.69, 9.17) is 9.47 Å². The second-order valence-corrected chi connectivity index (χ2v) is 7.34. The normalized spacial score (nSPS) is 23.0. The van der Waals surface area contributed by atoms with Crippen molar-refractivity contribution < 1.29 is 19.1 Å². The molecule has 0 aromatic heterocycles. The molecule has 4 rings (SSSR count). The predicted molar refractivity (Wildman–Crippen MR) is 105 cm³/mol. The van der Waals surface area contributed by atoms with Gasteiger partial charge in [-0.15, -0.1) is 0 Å². The summed E-state index contributed by atoms with van der Waals surface area (Å²) in [6, 6.07) is 17.2. The van der Waals surface area contributed by atoms with Crippen LogP contribution in [0, 0.1) is 0 Å². The average molecular weight is 380 g/mol. The molecular weight excluding hydrogens is 356 g/mol. The molecule has 28 heavy (non-hydrogen) atoms. The van der Waals surface area contributed by atoms with Crippen molar-refractivity contribution in [3.05, 3.63) is 65.7 Å². The summed E-state index contributed by atoms with van der Waals surface area (Å²) in [6.45, 7) is 1.86. The van der Waals surface area contributed by atoms with E-state index in [2.05, 4.69) is 5.32 Å². The first-order valence-corrected chi connectivity index (χ1v) is 9.49. The van der Waals surface area contributed by atoms with Crippen LogP contribution in [0.3, 0.4) is 0 Å². The van der Waals surface area contributed by atoms with Gasteiger partial charge in [0.05, 0.1) is 13.2 Å². The lowest BCUT2D eigenvalue weighted by atomic mass is 9.80. The van der Waals surface area contributed by atoms with Crippen molar-refractivity contribution >= 4 is 17.5 Å². The van der Waals surface area contributed by atoms with Gasteiger partial charge >= 0.3 is 0 Å². The number of amides is 2. The van der Waals surface area contributed by atoms with Gasteiger partial charge in [0, 0.05) is 36.9 Å². The Morgan fingerprint density at radius 3 is 2.71 bits per heavy atom. The standard InChI is InChI=1S/C22H24N2O4/c1-27-12-11-23-20(25)19-13-22(15-28-19)14-24(18-10-6-5-9-17(18)22)21(26)16-7-3-2-4-8-16/h2-10,19H,11-15H2,1H3,(H,23,25)/t19-,22-/m1/s1. The summed E-state index contributed by atoms with van der Waals surface area (Å²) in [5, 5.41) is 2.85. The van der Waals surface area contributed by atoms with Crippen LogP contribution in [-0.2, 0) is 19.7 Å². The van der Waals surface area contributed by atoms with Crippen molar-refractivity contribution in [2.75, 3.05) is 38.3 Å². The smallest absolute Gasteiger partial charge is 0.258 e. The molecule has 0 unspecified atom stereocenters. The average Bonchev–Trinajstić information content (AvgIpc) is 3.31. The van der Waals surface area contributed by atoms with E-state index in [0.29, 0.717) is 38.3 Å². The summed E-state index contributed by atoms with van der Waals surface area (Å²) in [4.78, 5) is 27.4.